The predicted molar refractivity (Wildman–Crippen MR) is 112 cm³/mol. The van der Waals surface area contributed by atoms with Gasteiger partial charge in [0.2, 0.25) is 5.88 Å². The van der Waals surface area contributed by atoms with Crippen molar-refractivity contribution in [2.24, 2.45) is 0 Å². The Morgan fingerprint density at radius 1 is 1.00 bits per heavy atom. The molecule has 32 heavy (non-hydrogen) atoms. The fourth-order valence-corrected chi connectivity index (χ4v) is 3.82. The zero-order chi connectivity index (χ0) is 23.2. The maximum atomic E-state index is 14.8. The number of fused-ring (bicyclic) bond motifs is 1. The number of hydrogen-bond acceptors (Lipinski definition) is 4. The molecular formula is C23H19F4N3O2. The molecule has 0 N–H and O–H groups in total. The number of rotatable bonds is 3. The number of ether oxygens (including phenoxy) is 1. The van der Waals surface area contributed by atoms with Crippen molar-refractivity contribution in [2.45, 2.75) is 20.0 Å². The van der Waals surface area contributed by atoms with Crippen LogP contribution in [0.4, 0.5) is 34.6 Å². The van der Waals surface area contributed by atoms with Gasteiger partial charge in [-0.05, 0) is 49.7 Å². The molecule has 0 radical (unpaired) electrons. The van der Waals surface area contributed by atoms with Crippen LogP contribution < -0.4 is 14.5 Å². The topological polar surface area (TPSA) is 45.7 Å². The Hall–Kier alpha value is -3.62. The lowest BCUT2D eigenvalue weighted by Gasteiger charge is -2.39. The third-order valence-electron chi connectivity index (χ3n) is 5.36. The molecule has 166 valence electrons. The molecule has 0 bridgehead atoms. The van der Waals surface area contributed by atoms with Crippen molar-refractivity contribution < 1.29 is 27.1 Å². The summed E-state index contributed by atoms with van der Waals surface area (Å²) in [7, 11) is 1.45. The quantitative estimate of drug-likeness (QED) is 0.491. The number of pyridine rings is 1. The van der Waals surface area contributed by atoms with Gasteiger partial charge in [0, 0.05) is 6.07 Å². The van der Waals surface area contributed by atoms with Crippen molar-refractivity contribution in [3.8, 4) is 5.88 Å². The summed E-state index contributed by atoms with van der Waals surface area (Å²) in [5.74, 6) is -0.849. The summed E-state index contributed by atoms with van der Waals surface area (Å²) in [4.78, 5) is 20.4. The number of halogens is 4. The molecule has 0 saturated heterocycles. The van der Waals surface area contributed by atoms with E-state index in [0.717, 1.165) is 12.1 Å². The summed E-state index contributed by atoms with van der Waals surface area (Å²) in [6.45, 7) is 3.25. The van der Waals surface area contributed by atoms with Gasteiger partial charge in [-0.1, -0.05) is 12.1 Å². The lowest BCUT2D eigenvalue weighted by molar-refractivity contribution is -0.137. The van der Waals surface area contributed by atoms with E-state index < -0.39 is 23.5 Å². The van der Waals surface area contributed by atoms with Crippen molar-refractivity contribution >= 4 is 23.0 Å². The summed E-state index contributed by atoms with van der Waals surface area (Å²) in [5, 5.41) is 0. The second-order valence-corrected chi connectivity index (χ2v) is 7.40. The summed E-state index contributed by atoms with van der Waals surface area (Å²) in [6, 6.07) is 10.6. The summed E-state index contributed by atoms with van der Waals surface area (Å²) >= 11 is 0. The molecule has 2 aromatic carbocycles. The van der Waals surface area contributed by atoms with Gasteiger partial charge in [0.15, 0.2) is 0 Å². The first-order chi connectivity index (χ1) is 15.1. The molecule has 0 fully saturated rings. The van der Waals surface area contributed by atoms with Crippen molar-refractivity contribution in [2.75, 3.05) is 23.6 Å². The number of hydrogen-bond donors (Lipinski definition) is 0. The van der Waals surface area contributed by atoms with E-state index in [1.165, 1.54) is 29.0 Å². The zero-order valence-electron chi connectivity index (χ0n) is 17.5. The molecule has 2 heterocycles. The Balaban J connectivity index is 1.93. The van der Waals surface area contributed by atoms with Crippen molar-refractivity contribution in [3.05, 3.63) is 76.7 Å². The fraction of sp³-hybridized carbons (Fsp3) is 0.217. The largest absolute Gasteiger partial charge is 0.481 e. The van der Waals surface area contributed by atoms with E-state index in [2.05, 4.69) is 4.98 Å². The Kier molecular flexibility index (Phi) is 5.28. The van der Waals surface area contributed by atoms with E-state index >= 15 is 0 Å². The highest BCUT2D eigenvalue weighted by Crippen LogP contribution is 2.41. The third-order valence-corrected chi connectivity index (χ3v) is 5.36. The van der Waals surface area contributed by atoms with Crippen LogP contribution in [0.3, 0.4) is 0 Å². The molecule has 0 saturated carbocycles. The molecule has 0 unspecified atom stereocenters. The number of aromatic nitrogens is 1. The number of amides is 1. The van der Waals surface area contributed by atoms with Crippen LogP contribution in [0, 0.1) is 19.7 Å². The molecule has 1 amide bonds. The lowest BCUT2D eigenvalue weighted by atomic mass is 10.0. The molecule has 0 spiro atoms. The highest BCUT2D eigenvalue weighted by atomic mass is 19.4. The second-order valence-electron chi connectivity index (χ2n) is 7.40. The summed E-state index contributed by atoms with van der Waals surface area (Å²) in [5.41, 5.74) is 0.660. The monoisotopic (exact) mass is 445 g/mol. The number of carbonyl (C=O) groups excluding carboxylic acids is 1. The zero-order valence-corrected chi connectivity index (χ0v) is 17.5. The average Bonchev–Trinajstić information content (AvgIpc) is 2.74. The molecule has 1 aromatic heterocycles. The number of carbonyl (C=O) groups is 1. The molecule has 1 aliphatic heterocycles. The summed E-state index contributed by atoms with van der Waals surface area (Å²) < 4.78 is 60.1. The molecule has 9 heteroatoms. The van der Waals surface area contributed by atoms with Gasteiger partial charge in [0.1, 0.15) is 12.5 Å². The van der Waals surface area contributed by atoms with E-state index in [1.807, 2.05) is 0 Å². The second kappa shape index (κ2) is 7.81. The van der Waals surface area contributed by atoms with Gasteiger partial charge in [-0.2, -0.15) is 13.2 Å². The maximum Gasteiger partial charge on any atom is 0.416 e. The van der Waals surface area contributed by atoms with Crippen molar-refractivity contribution in [1.29, 1.82) is 0 Å². The van der Waals surface area contributed by atoms with Crippen LogP contribution in [0.2, 0.25) is 0 Å². The number of benzene rings is 2. The minimum absolute atomic E-state index is 0.103. The molecule has 0 aliphatic carbocycles. The van der Waals surface area contributed by atoms with Gasteiger partial charge in [-0.3, -0.25) is 9.69 Å². The van der Waals surface area contributed by atoms with Gasteiger partial charge < -0.3 is 9.64 Å². The first kappa shape index (κ1) is 21.6. The number of para-hydroxylation sites is 1. The predicted octanol–water partition coefficient (Wildman–Crippen LogP) is 5.62. The van der Waals surface area contributed by atoms with Gasteiger partial charge in [0.05, 0.1) is 41.0 Å². The Labute approximate surface area is 181 Å². The normalized spacial score (nSPS) is 13.9. The Morgan fingerprint density at radius 2 is 1.72 bits per heavy atom. The molecule has 0 atom stereocenters. The Bertz CT molecular complexity index is 1190. The van der Waals surface area contributed by atoms with Crippen LogP contribution in [0.1, 0.15) is 27.2 Å². The first-order valence-electron chi connectivity index (χ1n) is 9.69. The van der Waals surface area contributed by atoms with Gasteiger partial charge in [-0.15, -0.1) is 0 Å². The van der Waals surface area contributed by atoms with Gasteiger partial charge in [-0.25, -0.2) is 9.37 Å². The number of nitrogens with zero attached hydrogens (tertiary/aromatic N) is 3. The molecule has 1 aliphatic rings. The van der Waals surface area contributed by atoms with E-state index in [9.17, 15) is 22.4 Å². The van der Waals surface area contributed by atoms with Gasteiger partial charge in [0.25, 0.3) is 5.91 Å². The number of methoxy groups -OCH3 is 1. The van der Waals surface area contributed by atoms with Crippen LogP contribution in [0.5, 0.6) is 5.88 Å². The van der Waals surface area contributed by atoms with E-state index in [-0.39, 0.29) is 23.6 Å². The third kappa shape index (κ3) is 3.63. The molecule has 3 aromatic rings. The van der Waals surface area contributed by atoms with E-state index in [4.69, 9.17) is 4.74 Å². The molecular weight excluding hydrogens is 426 g/mol. The Morgan fingerprint density at radius 3 is 2.34 bits per heavy atom. The van der Waals surface area contributed by atoms with E-state index in [1.54, 1.807) is 38.1 Å². The summed E-state index contributed by atoms with van der Waals surface area (Å²) in [6.07, 6.45) is -4.63. The van der Waals surface area contributed by atoms with Crippen LogP contribution in [-0.4, -0.2) is 24.7 Å². The molecule has 5 nitrogen and oxygen atoms in total. The molecule has 4 rings (SSSR count). The maximum absolute atomic E-state index is 14.8. The van der Waals surface area contributed by atoms with Crippen LogP contribution >= 0.6 is 0 Å². The highest BCUT2D eigenvalue weighted by Gasteiger charge is 2.37. The highest BCUT2D eigenvalue weighted by molar-refractivity contribution is 6.13. The van der Waals surface area contributed by atoms with Crippen LogP contribution in [-0.2, 0) is 6.18 Å². The average molecular weight is 445 g/mol. The number of anilines is 3. The van der Waals surface area contributed by atoms with Crippen LogP contribution in [0.15, 0.2) is 48.5 Å². The minimum atomic E-state index is -4.63. The smallest absolute Gasteiger partial charge is 0.416 e. The lowest BCUT2D eigenvalue weighted by Crippen LogP contribution is -2.46. The number of aryl methyl sites for hydroxylation is 2. The minimum Gasteiger partial charge on any atom is -0.481 e. The number of alkyl halides is 3. The van der Waals surface area contributed by atoms with Crippen LogP contribution in [0.25, 0.3) is 0 Å². The first-order valence-corrected chi connectivity index (χ1v) is 9.69. The SMILES string of the molecule is COc1ccc(N2CN(c3c(C)cccc3F)c3ccc(C(F)(F)F)cc3C2=O)c(C)n1. The van der Waals surface area contributed by atoms with Crippen molar-refractivity contribution in [3.63, 3.8) is 0 Å². The van der Waals surface area contributed by atoms with Gasteiger partial charge >= 0.3 is 6.18 Å². The standard InChI is InChI=1S/C23H19F4N3O2/c1-13-5-4-6-17(24)21(13)29-12-30(18-9-10-20(32-3)28-14(18)2)22(31)16-11-15(23(25,26)27)7-8-19(16)29/h4-11H,12H2,1-3H3. The van der Waals surface area contributed by atoms with Crippen molar-refractivity contribution in [1.82, 2.24) is 4.98 Å². The fourth-order valence-electron chi connectivity index (χ4n) is 3.82. The van der Waals surface area contributed by atoms with E-state index in [0.29, 0.717) is 22.8 Å².